The summed E-state index contributed by atoms with van der Waals surface area (Å²) in [6, 6.07) is 16.3. The van der Waals surface area contributed by atoms with Crippen LogP contribution in [0, 0.1) is 0 Å². The second kappa shape index (κ2) is 9.56. The highest BCUT2D eigenvalue weighted by atomic mass is 16.5. The summed E-state index contributed by atoms with van der Waals surface area (Å²) >= 11 is 0. The van der Waals surface area contributed by atoms with Crippen LogP contribution in [0.25, 0.3) is 6.08 Å². The number of rotatable bonds is 8. The first kappa shape index (κ1) is 22.1. The van der Waals surface area contributed by atoms with E-state index in [9.17, 15) is 4.79 Å². The lowest BCUT2D eigenvalue weighted by Gasteiger charge is -2.13. The standard InChI is InChI=1S/C26H24O7/c1-28-18-7-5-16(6-8-18)15-32-19-9-10-20-21(14-19)33-22(25(20)27)11-17-12-23(29-2)26(31-4)24(13-17)30-3/h5-14H,15H2,1-4H3. The van der Waals surface area contributed by atoms with Crippen molar-refractivity contribution in [3.8, 4) is 34.5 Å². The van der Waals surface area contributed by atoms with Gasteiger partial charge in [0.2, 0.25) is 11.5 Å². The van der Waals surface area contributed by atoms with Crippen molar-refractivity contribution in [2.75, 3.05) is 28.4 Å². The summed E-state index contributed by atoms with van der Waals surface area (Å²) in [4.78, 5) is 12.9. The van der Waals surface area contributed by atoms with E-state index in [0.29, 0.717) is 46.5 Å². The Kier molecular flexibility index (Phi) is 6.40. The number of hydrogen-bond donors (Lipinski definition) is 0. The van der Waals surface area contributed by atoms with Crippen LogP contribution in [0.15, 0.2) is 60.4 Å². The van der Waals surface area contributed by atoms with E-state index in [1.807, 2.05) is 24.3 Å². The van der Waals surface area contributed by atoms with Gasteiger partial charge in [0.1, 0.15) is 23.9 Å². The highest BCUT2D eigenvalue weighted by Gasteiger charge is 2.28. The molecule has 0 aliphatic carbocycles. The third-order valence-corrected chi connectivity index (χ3v) is 5.19. The predicted molar refractivity (Wildman–Crippen MR) is 123 cm³/mol. The number of hydrogen-bond acceptors (Lipinski definition) is 7. The molecular weight excluding hydrogens is 424 g/mol. The van der Waals surface area contributed by atoms with Crippen LogP contribution >= 0.6 is 0 Å². The van der Waals surface area contributed by atoms with Crippen LogP contribution in [-0.2, 0) is 6.61 Å². The van der Waals surface area contributed by atoms with Gasteiger partial charge in [-0.15, -0.1) is 0 Å². The maximum Gasteiger partial charge on any atom is 0.231 e. The van der Waals surface area contributed by atoms with Crippen molar-refractivity contribution in [1.82, 2.24) is 0 Å². The van der Waals surface area contributed by atoms with E-state index in [4.69, 9.17) is 28.4 Å². The number of carbonyl (C=O) groups is 1. The Bertz CT molecular complexity index is 1170. The van der Waals surface area contributed by atoms with Crippen LogP contribution in [0.5, 0.6) is 34.5 Å². The van der Waals surface area contributed by atoms with Crippen LogP contribution in [-0.4, -0.2) is 34.2 Å². The highest BCUT2D eigenvalue weighted by Crippen LogP contribution is 2.40. The van der Waals surface area contributed by atoms with E-state index >= 15 is 0 Å². The number of ketones is 1. The van der Waals surface area contributed by atoms with Gasteiger partial charge in [-0.2, -0.15) is 0 Å². The number of carbonyl (C=O) groups excluding carboxylic acids is 1. The summed E-state index contributed by atoms with van der Waals surface area (Å²) < 4.78 is 33.0. The lowest BCUT2D eigenvalue weighted by atomic mass is 10.1. The Hall–Kier alpha value is -4.13. The molecule has 7 heteroatoms. The van der Waals surface area contributed by atoms with Gasteiger partial charge in [0.05, 0.1) is 34.0 Å². The molecule has 7 nitrogen and oxygen atoms in total. The Morgan fingerprint density at radius 2 is 1.45 bits per heavy atom. The largest absolute Gasteiger partial charge is 0.497 e. The highest BCUT2D eigenvalue weighted by molar-refractivity contribution is 6.14. The third-order valence-electron chi connectivity index (χ3n) is 5.19. The van der Waals surface area contributed by atoms with Crippen molar-refractivity contribution in [2.45, 2.75) is 6.61 Å². The summed E-state index contributed by atoms with van der Waals surface area (Å²) in [5.74, 6) is 3.28. The summed E-state index contributed by atoms with van der Waals surface area (Å²) in [6.07, 6.45) is 1.64. The van der Waals surface area contributed by atoms with E-state index in [-0.39, 0.29) is 11.5 Å². The van der Waals surface area contributed by atoms with E-state index < -0.39 is 0 Å². The van der Waals surface area contributed by atoms with E-state index in [0.717, 1.165) is 11.3 Å². The van der Waals surface area contributed by atoms with Gasteiger partial charge in [0, 0.05) is 6.07 Å². The molecule has 33 heavy (non-hydrogen) atoms. The van der Waals surface area contributed by atoms with Crippen LogP contribution in [0.3, 0.4) is 0 Å². The average molecular weight is 448 g/mol. The predicted octanol–water partition coefficient (Wildman–Crippen LogP) is 4.92. The molecule has 0 unspecified atom stereocenters. The molecular formula is C26H24O7. The molecule has 170 valence electrons. The first-order valence-electron chi connectivity index (χ1n) is 10.2. The Morgan fingerprint density at radius 3 is 2.06 bits per heavy atom. The number of benzene rings is 3. The fourth-order valence-corrected chi connectivity index (χ4v) is 3.48. The minimum atomic E-state index is -0.208. The van der Waals surface area contributed by atoms with Gasteiger partial charge in [0.25, 0.3) is 0 Å². The molecule has 4 rings (SSSR count). The number of methoxy groups -OCH3 is 4. The zero-order chi connectivity index (χ0) is 23.4. The molecule has 0 N–H and O–H groups in total. The molecule has 0 atom stereocenters. The smallest absolute Gasteiger partial charge is 0.231 e. The molecule has 0 bridgehead atoms. The van der Waals surface area contributed by atoms with Crippen molar-refractivity contribution in [2.24, 2.45) is 0 Å². The lowest BCUT2D eigenvalue weighted by Crippen LogP contribution is -1.99. The van der Waals surface area contributed by atoms with Gasteiger partial charge < -0.3 is 28.4 Å². The molecule has 3 aromatic rings. The minimum absolute atomic E-state index is 0.201. The van der Waals surface area contributed by atoms with Gasteiger partial charge in [-0.1, -0.05) is 12.1 Å². The van der Waals surface area contributed by atoms with Crippen LogP contribution in [0.1, 0.15) is 21.5 Å². The van der Waals surface area contributed by atoms with Crippen molar-refractivity contribution >= 4 is 11.9 Å². The first-order chi connectivity index (χ1) is 16.1. The molecule has 1 aliphatic heterocycles. The minimum Gasteiger partial charge on any atom is -0.497 e. The molecule has 1 aliphatic rings. The van der Waals surface area contributed by atoms with E-state index in [1.54, 1.807) is 43.5 Å². The van der Waals surface area contributed by atoms with Crippen LogP contribution < -0.4 is 28.4 Å². The molecule has 0 aromatic heterocycles. The maximum absolute atomic E-state index is 12.9. The van der Waals surface area contributed by atoms with Gasteiger partial charge in [-0.05, 0) is 53.6 Å². The van der Waals surface area contributed by atoms with Crippen LogP contribution in [0.4, 0.5) is 0 Å². The fraction of sp³-hybridized carbons (Fsp3) is 0.192. The van der Waals surface area contributed by atoms with Crippen molar-refractivity contribution in [3.63, 3.8) is 0 Å². The van der Waals surface area contributed by atoms with E-state index in [2.05, 4.69) is 0 Å². The molecule has 0 radical (unpaired) electrons. The lowest BCUT2D eigenvalue weighted by molar-refractivity contribution is 0.101. The molecule has 0 saturated heterocycles. The molecule has 3 aromatic carbocycles. The molecule has 0 amide bonds. The topological polar surface area (TPSA) is 72.5 Å². The molecule has 0 spiro atoms. The van der Waals surface area contributed by atoms with Crippen LogP contribution in [0.2, 0.25) is 0 Å². The first-order valence-corrected chi connectivity index (χ1v) is 10.2. The normalized spacial score (nSPS) is 13.3. The average Bonchev–Trinajstić information content (AvgIpc) is 3.16. The summed E-state index contributed by atoms with van der Waals surface area (Å²) in [6.45, 7) is 0.380. The number of allylic oxidation sites excluding steroid dienone is 1. The Morgan fingerprint density at radius 1 is 0.788 bits per heavy atom. The van der Waals surface area contributed by atoms with Crippen molar-refractivity contribution in [3.05, 3.63) is 77.0 Å². The number of ether oxygens (including phenoxy) is 6. The fourth-order valence-electron chi connectivity index (χ4n) is 3.48. The second-order valence-electron chi connectivity index (χ2n) is 7.19. The monoisotopic (exact) mass is 448 g/mol. The van der Waals surface area contributed by atoms with Gasteiger partial charge in [-0.25, -0.2) is 0 Å². The SMILES string of the molecule is COc1ccc(COc2ccc3c(c2)OC(=Cc2cc(OC)c(OC)c(OC)c2)C3=O)cc1. The summed E-state index contributed by atoms with van der Waals surface area (Å²) in [7, 11) is 6.23. The Balaban J connectivity index is 1.53. The summed E-state index contributed by atoms with van der Waals surface area (Å²) in [5, 5.41) is 0. The van der Waals surface area contributed by atoms with Gasteiger partial charge >= 0.3 is 0 Å². The number of Topliss-reactive ketones (excluding diaryl/α,β-unsaturated/α-hetero) is 1. The van der Waals surface area contributed by atoms with Crippen molar-refractivity contribution in [1.29, 1.82) is 0 Å². The number of fused-ring (bicyclic) bond motifs is 1. The quantitative estimate of drug-likeness (QED) is 0.453. The Labute approximate surface area is 192 Å². The third kappa shape index (κ3) is 4.57. The zero-order valence-electron chi connectivity index (χ0n) is 18.8. The second-order valence-corrected chi connectivity index (χ2v) is 7.19. The molecule has 1 heterocycles. The van der Waals surface area contributed by atoms with Crippen molar-refractivity contribution < 1.29 is 33.2 Å². The molecule has 0 saturated carbocycles. The maximum atomic E-state index is 12.9. The van der Waals surface area contributed by atoms with E-state index in [1.165, 1.54) is 21.3 Å². The van der Waals surface area contributed by atoms with Gasteiger partial charge in [0.15, 0.2) is 17.3 Å². The summed E-state index contributed by atoms with van der Waals surface area (Å²) in [5.41, 5.74) is 2.15. The van der Waals surface area contributed by atoms with Gasteiger partial charge in [-0.3, -0.25) is 4.79 Å². The zero-order valence-corrected chi connectivity index (χ0v) is 18.8. The molecule has 0 fully saturated rings.